The summed E-state index contributed by atoms with van der Waals surface area (Å²) in [7, 11) is 0. The molecule has 0 saturated carbocycles. The zero-order chi connectivity index (χ0) is 16.1. The second-order valence-electron chi connectivity index (χ2n) is 6.19. The van der Waals surface area contributed by atoms with Gasteiger partial charge >= 0.3 is 0 Å². The van der Waals surface area contributed by atoms with Crippen LogP contribution in [0.2, 0.25) is 0 Å². The quantitative estimate of drug-likeness (QED) is 0.803. The number of aromatic nitrogens is 1. The summed E-state index contributed by atoms with van der Waals surface area (Å²) in [4.78, 5) is 20.2. The number of unbranched alkanes of at least 4 members (excludes halogenated alkanes) is 2. The zero-order valence-corrected chi connectivity index (χ0v) is 13.5. The summed E-state index contributed by atoms with van der Waals surface area (Å²) in [5.74, 6) is 0.0983. The van der Waals surface area contributed by atoms with Crippen molar-refractivity contribution in [2.75, 3.05) is 39.3 Å². The second-order valence-corrected chi connectivity index (χ2v) is 6.19. The number of nitrogens with zero attached hydrogens (tertiary/aromatic N) is 2. The molecule has 1 aromatic carbocycles. The lowest BCUT2D eigenvalue weighted by Crippen LogP contribution is -2.48. The van der Waals surface area contributed by atoms with Crippen molar-refractivity contribution in [2.45, 2.75) is 19.3 Å². The van der Waals surface area contributed by atoms with Crippen LogP contribution in [0.5, 0.6) is 0 Å². The van der Waals surface area contributed by atoms with Crippen LogP contribution in [-0.4, -0.2) is 65.1 Å². The van der Waals surface area contributed by atoms with E-state index in [2.05, 4.69) is 9.88 Å². The minimum atomic E-state index is 0.0983. The van der Waals surface area contributed by atoms with Gasteiger partial charge in [0.15, 0.2) is 0 Å². The number of fused-ring (bicyclic) bond motifs is 1. The molecule has 0 atom stereocenters. The van der Waals surface area contributed by atoms with Crippen LogP contribution in [0.25, 0.3) is 10.9 Å². The van der Waals surface area contributed by atoms with E-state index < -0.39 is 0 Å². The van der Waals surface area contributed by atoms with Crippen LogP contribution in [-0.2, 0) is 0 Å². The van der Waals surface area contributed by atoms with Crippen LogP contribution in [0.4, 0.5) is 0 Å². The molecule has 2 N–H and O–H groups in total. The van der Waals surface area contributed by atoms with Crippen LogP contribution in [0.3, 0.4) is 0 Å². The van der Waals surface area contributed by atoms with Gasteiger partial charge < -0.3 is 15.0 Å². The number of aliphatic hydroxyl groups is 1. The lowest BCUT2D eigenvalue weighted by molar-refractivity contribution is 0.0630. The number of piperazine rings is 1. The van der Waals surface area contributed by atoms with E-state index in [0.29, 0.717) is 5.69 Å². The number of hydrogen-bond donors (Lipinski definition) is 2. The van der Waals surface area contributed by atoms with Gasteiger partial charge in [0.1, 0.15) is 5.69 Å². The van der Waals surface area contributed by atoms with Gasteiger partial charge in [-0.2, -0.15) is 0 Å². The number of aromatic amines is 1. The van der Waals surface area contributed by atoms with E-state index in [1.807, 2.05) is 35.2 Å². The zero-order valence-electron chi connectivity index (χ0n) is 13.5. The Morgan fingerprint density at radius 3 is 2.61 bits per heavy atom. The van der Waals surface area contributed by atoms with Gasteiger partial charge in [-0.3, -0.25) is 9.69 Å². The first-order valence-corrected chi connectivity index (χ1v) is 8.48. The smallest absolute Gasteiger partial charge is 0.270 e. The summed E-state index contributed by atoms with van der Waals surface area (Å²) >= 11 is 0. The molecule has 23 heavy (non-hydrogen) atoms. The van der Waals surface area contributed by atoms with E-state index >= 15 is 0 Å². The van der Waals surface area contributed by atoms with Crippen molar-refractivity contribution in [2.24, 2.45) is 0 Å². The molecule has 1 aliphatic rings. The van der Waals surface area contributed by atoms with Crippen molar-refractivity contribution in [3.05, 3.63) is 36.0 Å². The van der Waals surface area contributed by atoms with E-state index in [4.69, 9.17) is 5.11 Å². The number of rotatable bonds is 6. The highest BCUT2D eigenvalue weighted by molar-refractivity contribution is 5.98. The van der Waals surface area contributed by atoms with E-state index in [0.717, 1.165) is 62.9 Å². The van der Waals surface area contributed by atoms with E-state index in [1.165, 1.54) is 0 Å². The molecule has 1 aromatic heterocycles. The van der Waals surface area contributed by atoms with Gasteiger partial charge in [-0.05, 0) is 37.9 Å². The second kappa shape index (κ2) is 7.62. The lowest BCUT2D eigenvalue weighted by Gasteiger charge is -2.34. The summed E-state index contributed by atoms with van der Waals surface area (Å²) in [5, 5.41) is 9.88. The molecule has 5 heteroatoms. The minimum absolute atomic E-state index is 0.0983. The van der Waals surface area contributed by atoms with Crippen molar-refractivity contribution < 1.29 is 9.90 Å². The molecule has 3 rings (SSSR count). The Labute approximate surface area is 136 Å². The number of nitrogens with one attached hydrogen (secondary N) is 1. The van der Waals surface area contributed by atoms with Gasteiger partial charge in [0.2, 0.25) is 0 Å². The van der Waals surface area contributed by atoms with Crippen molar-refractivity contribution in [1.29, 1.82) is 0 Å². The summed E-state index contributed by atoms with van der Waals surface area (Å²) in [5.41, 5.74) is 1.70. The van der Waals surface area contributed by atoms with Crippen LogP contribution in [0.1, 0.15) is 29.8 Å². The molecule has 124 valence electrons. The lowest BCUT2D eigenvalue weighted by atomic mass is 10.2. The van der Waals surface area contributed by atoms with Gasteiger partial charge in [-0.15, -0.1) is 0 Å². The van der Waals surface area contributed by atoms with Crippen molar-refractivity contribution in [1.82, 2.24) is 14.8 Å². The Kier molecular flexibility index (Phi) is 5.31. The number of benzene rings is 1. The molecule has 2 aromatic rings. The topological polar surface area (TPSA) is 59.6 Å². The summed E-state index contributed by atoms with van der Waals surface area (Å²) in [6.45, 7) is 4.79. The van der Waals surface area contributed by atoms with Crippen LogP contribution < -0.4 is 0 Å². The third-order valence-electron chi connectivity index (χ3n) is 4.55. The number of amides is 1. The van der Waals surface area contributed by atoms with Gasteiger partial charge in [0, 0.05) is 43.7 Å². The number of para-hydroxylation sites is 1. The molecular formula is C18H25N3O2. The first-order chi connectivity index (χ1) is 11.3. The Balaban J connectivity index is 1.52. The highest BCUT2D eigenvalue weighted by atomic mass is 16.2. The molecule has 0 radical (unpaired) electrons. The Bertz CT molecular complexity index is 612. The summed E-state index contributed by atoms with van der Waals surface area (Å²) in [6.07, 6.45) is 3.08. The molecule has 2 heterocycles. The molecule has 1 aliphatic heterocycles. The van der Waals surface area contributed by atoms with Gasteiger partial charge in [-0.1, -0.05) is 18.2 Å². The summed E-state index contributed by atoms with van der Waals surface area (Å²) < 4.78 is 0. The molecule has 1 amide bonds. The number of carbonyl (C=O) groups is 1. The molecule has 1 fully saturated rings. The fourth-order valence-electron chi connectivity index (χ4n) is 3.16. The number of H-pyrrole nitrogens is 1. The van der Waals surface area contributed by atoms with Gasteiger partial charge in [0.05, 0.1) is 0 Å². The van der Waals surface area contributed by atoms with E-state index in [1.54, 1.807) is 0 Å². The third-order valence-corrected chi connectivity index (χ3v) is 4.55. The Hall–Kier alpha value is -1.85. The first kappa shape index (κ1) is 16.0. The summed E-state index contributed by atoms with van der Waals surface area (Å²) in [6, 6.07) is 9.92. The molecule has 5 nitrogen and oxygen atoms in total. The van der Waals surface area contributed by atoms with Crippen LogP contribution in [0.15, 0.2) is 30.3 Å². The van der Waals surface area contributed by atoms with E-state index in [9.17, 15) is 4.79 Å². The van der Waals surface area contributed by atoms with Crippen molar-refractivity contribution >= 4 is 16.8 Å². The highest BCUT2D eigenvalue weighted by Crippen LogP contribution is 2.17. The predicted molar refractivity (Wildman–Crippen MR) is 91.6 cm³/mol. The average Bonchev–Trinajstić information content (AvgIpc) is 3.03. The molecule has 0 unspecified atom stereocenters. The number of aliphatic hydroxyl groups excluding tert-OH is 1. The largest absolute Gasteiger partial charge is 0.396 e. The first-order valence-electron chi connectivity index (χ1n) is 8.48. The average molecular weight is 315 g/mol. The van der Waals surface area contributed by atoms with Gasteiger partial charge in [-0.25, -0.2) is 0 Å². The SMILES string of the molecule is O=C(c1cc2ccccc2[nH]1)N1CCN(CCCCCO)CC1. The standard InChI is InChI=1S/C18H25N3O2/c22-13-5-1-4-8-20-9-11-21(12-10-20)18(23)17-14-15-6-2-3-7-16(15)19-17/h2-3,6-7,14,19,22H,1,4-5,8-13H2. The monoisotopic (exact) mass is 315 g/mol. The molecule has 1 saturated heterocycles. The third kappa shape index (κ3) is 3.92. The van der Waals surface area contributed by atoms with Crippen LogP contribution in [0, 0.1) is 0 Å². The molecule has 0 aliphatic carbocycles. The Morgan fingerprint density at radius 1 is 1.09 bits per heavy atom. The maximum Gasteiger partial charge on any atom is 0.270 e. The predicted octanol–water partition coefficient (Wildman–Crippen LogP) is 2.09. The molecule has 0 bridgehead atoms. The fourth-order valence-corrected chi connectivity index (χ4v) is 3.16. The number of hydrogen-bond acceptors (Lipinski definition) is 3. The molecular weight excluding hydrogens is 290 g/mol. The minimum Gasteiger partial charge on any atom is -0.396 e. The van der Waals surface area contributed by atoms with Crippen LogP contribution >= 0.6 is 0 Å². The normalized spacial score (nSPS) is 16.1. The maximum absolute atomic E-state index is 12.6. The number of carbonyl (C=O) groups excluding carboxylic acids is 1. The highest BCUT2D eigenvalue weighted by Gasteiger charge is 2.22. The maximum atomic E-state index is 12.6. The van der Waals surface area contributed by atoms with Crippen molar-refractivity contribution in [3.63, 3.8) is 0 Å². The van der Waals surface area contributed by atoms with E-state index in [-0.39, 0.29) is 12.5 Å². The molecule has 0 spiro atoms. The fraction of sp³-hybridized carbons (Fsp3) is 0.500. The Morgan fingerprint density at radius 2 is 1.87 bits per heavy atom. The van der Waals surface area contributed by atoms with Gasteiger partial charge in [0.25, 0.3) is 5.91 Å². The van der Waals surface area contributed by atoms with Crippen molar-refractivity contribution in [3.8, 4) is 0 Å².